The van der Waals surface area contributed by atoms with Crippen LogP contribution in [0.15, 0.2) is 36.4 Å². The third-order valence-corrected chi connectivity index (χ3v) is 3.02. The van der Waals surface area contributed by atoms with E-state index < -0.39 is 0 Å². The van der Waals surface area contributed by atoms with Crippen LogP contribution in [0.25, 0.3) is 10.8 Å². The Morgan fingerprint density at radius 3 is 2.77 bits per heavy atom. The molecule has 0 N–H and O–H groups in total. The maximum Gasteiger partial charge on any atom is 0.0484 e. The summed E-state index contributed by atoms with van der Waals surface area (Å²) in [6.07, 6.45) is 0. The topological polar surface area (TPSA) is 0 Å². The van der Waals surface area contributed by atoms with E-state index in [-0.39, 0.29) is 0 Å². The van der Waals surface area contributed by atoms with Gasteiger partial charge in [0.15, 0.2) is 0 Å². The maximum absolute atomic E-state index is 6.07. The smallest absolute Gasteiger partial charge is 0.0484 e. The van der Waals surface area contributed by atoms with Crippen molar-refractivity contribution < 1.29 is 0 Å². The van der Waals surface area contributed by atoms with E-state index in [9.17, 15) is 0 Å². The lowest BCUT2D eigenvalue weighted by Gasteiger charge is -2.01. The molecule has 66 valence electrons. The quantitative estimate of drug-likeness (QED) is 0.663. The van der Waals surface area contributed by atoms with Crippen LogP contribution in [0.3, 0.4) is 0 Å². The number of rotatable bonds is 1. The van der Waals surface area contributed by atoms with Crippen molar-refractivity contribution in [1.29, 1.82) is 0 Å². The molecule has 0 nitrogen and oxygen atoms in total. The molecular formula is C11H8BrCl. The van der Waals surface area contributed by atoms with Crippen molar-refractivity contribution in [2.45, 2.75) is 5.33 Å². The lowest BCUT2D eigenvalue weighted by Crippen LogP contribution is -1.79. The average molecular weight is 256 g/mol. The molecule has 2 rings (SSSR count). The van der Waals surface area contributed by atoms with Gasteiger partial charge in [-0.05, 0) is 23.1 Å². The minimum Gasteiger partial charge on any atom is -0.0876 e. The standard InChI is InChI=1S/C11H8BrCl/c12-7-8-4-5-9-2-1-3-11(13)10(9)6-8/h1-6H,7H2. The van der Waals surface area contributed by atoms with Crippen LogP contribution in [-0.4, -0.2) is 0 Å². The van der Waals surface area contributed by atoms with Crippen LogP contribution in [0.1, 0.15) is 5.56 Å². The van der Waals surface area contributed by atoms with Gasteiger partial charge >= 0.3 is 0 Å². The number of benzene rings is 2. The molecule has 2 aromatic carbocycles. The van der Waals surface area contributed by atoms with Crippen LogP contribution in [-0.2, 0) is 5.33 Å². The van der Waals surface area contributed by atoms with E-state index in [2.05, 4.69) is 40.2 Å². The zero-order chi connectivity index (χ0) is 9.26. The Morgan fingerprint density at radius 2 is 2.00 bits per heavy atom. The van der Waals surface area contributed by atoms with Gasteiger partial charge in [0, 0.05) is 15.7 Å². The molecule has 0 unspecified atom stereocenters. The predicted octanol–water partition coefficient (Wildman–Crippen LogP) is 4.39. The fourth-order valence-corrected chi connectivity index (χ4v) is 1.95. The molecule has 0 bridgehead atoms. The summed E-state index contributed by atoms with van der Waals surface area (Å²) in [6.45, 7) is 0. The molecule has 0 spiro atoms. The molecule has 2 aromatic rings. The van der Waals surface area contributed by atoms with Crippen LogP contribution < -0.4 is 0 Å². The van der Waals surface area contributed by atoms with Gasteiger partial charge in [-0.3, -0.25) is 0 Å². The number of alkyl halides is 1. The van der Waals surface area contributed by atoms with Gasteiger partial charge in [-0.1, -0.05) is 51.8 Å². The molecule has 0 aliphatic rings. The third-order valence-electron chi connectivity index (χ3n) is 2.05. The largest absolute Gasteiger partial charge is 0.0876 e. The SMILES string of the molecule is Clc1cccc2ccc(CBr)cc12. The molecule has 13 heavy (non-hydrogen) atoms. The highest BCUT2D eigenvalue weighted by Gasteiger charge is 1.98. The van der Waals surface area contributed by atoms with Gasteiger partial charge in [0.2, 0.25) is 0 Å². The van der Waals surface area contributed by atoms with Crippen LogP contribution in [0.5, 0.6) is 0 Å². The third kappa shape index (κ3) is 1.72. The normalized spacial score (nSPS) is 10.6. The molecule has 0 amide bonds. The molecule has 0 heterocycles. The Balaban J connectivity index is 2.74. The highest BCUT2D eigenvalue weighted by molar-refractivity contribution is 9.08. The van der Waals surface area contributed by atoms with Crippen molar-refractivity contribution in [2.24, 2.45) is 0 Å². The first-order valence-electron chi connectivity index (χ1n) is 4.04. The molecule has 2 heteroatoms. The molecular weight excluding hydrogens is 247 g/mol. The zero-order valence-electron chi connectivity index (χ0n) is 6.93. The van der Waals surface area contributed by atoms with Crippen molar-refractivity contribution in [3.63, 3.8) is 0 Å². The average Bonchev–Trinajstić information content (AvgIpc) is 2.18. The predicted molar refractivity (Wildman–Crippen MR) is 61.6 cm³/mol. The molecule has 0 atom stereocenters. The van der Waals surface area contributed by atoms with Gasteiger partial charge in [-0.2, -0.15) is 0 Å². The second-order valence-corrected chi connectivity index (χ2v) is 3.90. The van der Waals surface area contributed by atoms with Crippen molar-refractivity contribution in [3.8, 4) is 0 Å². The summed E-state index contributed by atoms with van der Waals surface area (Å²) >= 11 is 9.50. The van der Waals surface area contributed by atoms with Crippen LogP contribution in [0, 0.1) is 0 Å². The number of fused-ring (bicyclic) bond motifs is 1. The summed E-state index contributed by atoms with van der Waals surface area (Å²) in [7, 11) is 0. The monoisotopic (exact) mass is 254 g/mol. The molecule has 0 aliphatic heterocycles. The Labute approximate surface area is 90.6 Å². The molecule has 0 aliphatic carbocycles. The fourth-order valence-electron chi connectivity index (χ4n) is 1.36. The fraction of sp³-hybridized carbons (Fsp3) is 0.0909. The lowest BCUT2D eigenvalue weighted by molar-refractivity contribution is 1.47. The first-order valence-corrected chi connectivity index (χ1v) is 5.54. The summed E-state index contributed by atoms with van der Waals surface area (Å²) in [5, 5.41) is 4.01. The molecule has 0 radical (unpaired) electrons. The second-order valence-electron chi connectivity index (χ2n) is 2.93. The van der Waals surface area contributed by atoms with Crippen LogP contribution in [0.2, 0.25) is 5.02 Å². The maximum atomic E-state index is 6.07. The van der Waals surface area contributed by atoms with Crippen LogP contribution >= 0.6 is 27.5 Å². The first kappa shape index (κ1) is 9.04. The summed E-state index contributed by atoms with van der Waals surface area (Å²) in [5.74, 6) is 0. The Kier molecular flexibility index (Phi) is 2.56. The Bertz CT molecular complexity index is 437. The van der Waals surface area contributed by atoms with Crippen LogP contribution in [0.4, 0.5) is 0 Å². The summed E-state index contributed by atoms with van der Waals surface area (Å²) < 4.78 is 0. The van der Waals surface area contributed by atoms with E-state index in [1.807, 2.05) is 12.1 Å². The van der Waals surface area contributed by atoms with E-state index in [4.69, 9.17) is 11.6 Å². The lowest BCUT2D eigenvalue weighted by atomic mass is 10.1. The number of hydrogen-bond acceptors (Lipinski definition) is 0. The van der Waals surface area contributed by atoms with E-state index >= 15 is 0 Å². The molecule has 0 aromatic heterocycles. The van der Waals surface area contributed by atoms with E-state index in [0.717, 1.165) is 15.7 Å². The number of hydrogen-bond donors (Lipinski definition) is 0. The summed E-state index contributed by atoms with van der Waals surface area (Å²) in [4.78, 5) is 0. The second kappa shape index (κ2) is 3.69. The van der Waals surface area contributed by atoms with Gasteiger partial charge in [-0.25, -0.2) is 0 Å². The van der Waals surface area contributed by atoms with Gasteiger partial charge in [0.05, 0.1) is 0 Å². The van der Waals surface area contributed by atoms with Gasteiger partial charge in [0.25, 0.3) is 0 Å². The number of halogens is 2. The summed E-state index contributed by atoms with van der Waals surface area (Å²) in [6, 6.07) is 12.3. The minimum atomic E-state index is 0.820. The Hall–Kier alpha value is -0.530. The zero-order valence-corrected chi connectivity index (χ0v) is 9.27. The van der Waals surface area contributed by atoms with Crippen molar-refractivity contribution in [1.82, 2.24) is 0 Å². The highest BCUT2D eigenvalue weighted by atomic mass is 79.9. The Morgan fingerprint density at radius 1 is 1.15 bits per heavy atom. The van der Waals surface area contributed by atoms with Gasteiger partial charge in [0.1, 0.15) is 0 Å². The first-order chi connectivity index (χ1) is 6.31. The van der Waals surface area contributed by atoms with Crippen molar-refractivity contribution in [3.05, 3.63) is 47.0 Å². The van der Waals surface area contributed by atoms with Gasteiger partial charge in [-0.15, -0.1) is 0 Å². The van der Waals surface area contributed by atoms with E-state index in [1.54, 1.807) is 0 Å². The highest BCUT2D eigenvalue weighted by Crippen LogP contribution is 2.24. The van der Waals surface area contributed by atoms with Gasteiger partial charge < -0.3 is 0 Å². The molecule has 0 saturated carbocycles. The molecule has 0 saturated heterocycles. The van der Waals surface area contributed by atoms with Crippen molar-refractivity contribution in [2.75, 3.05) is 0 Å². The van der Waals surface area contributed by atoms with Crippen molar-refractivity contribution >= 4 is 38.3 Å². The summed E-state index contributed by atoms with van der Waals surface area (Å²) in [5.41, 5.74) is 1.25. The van der Waals surface area contributed by atoms with E-state index in [0.29, 0.717) is 0 Å². The van der Waals surface area contributed by atoms with E-state index in [1.165, 1.54) is 10.9 Å². The molecule has 0 fully saturated rings. The minimum absolute atomic E-state index is 0.820.